The van der Waals surface area contributed by atoms with Crippen LogP contribution in [0, 0.1) is 6.92 Å². The fraction of sp³-hybridized carbons (Fsp3) is 0.312. The molecule has 6 nitrogen and oxygen atoms in total. The minimum absolute atomic E-state index is 0.0358. The van der Waals surface area contributed by atoms with E-state index < -0.39 is 0 Å². The highest BCUT2D eigenvalue weighted by molar-refractivity contribution is 5.96. The molecule has 1 aromatic heterocycles. The average molecular weight is 511 g/mol. The lowest BCUT2D eigenvalue weighted by Gasteiger charge is -2.30. The Morgan fingerprint density at radius 3 is 2.24 bits per heavy atom. The summed E-state index contributed by atoms with van der Waals surface area (Å²) in [4.78, 5) is 36.1. The highest BCUT2D eigenvalue weighted by Crippen LogP contribution is 2.20. The van der Waals surface area contributed by atoms with Crippen LogP contribution in [0.2, 0.25) is 0 Å². The molecule has 38 heavy (non-hydrogen) atoms. The Morgan fingerprint density at radius 1 is 0.895 bits per heavy atom. The van der Waals surface area contributed by atoms with Gasteiger partial charge in [0, 0.05) is 61.6 Å². The van der Waals surface area contributed by atoms with Crippen LogP contribution >= 0.6 is 0 Å². The third-order valence-corrected chi connectivity index (χ3v) is 6.99. The molecular weight excluding hydrogens is 472 g/mol. The van der Waals surface area contributed by atoms with Crippen molar-refractivity contribution in [2.45, 2.75) is 39.8 Å². The molecule has 0 aliphatic carbocycles. The van der Waals surface area contributed by atoms with E-state index in [9.17, 15) is 9.59 Å². The number of hydrogen-bond donors (Lipinski definition) is 1. The van der Waals surface area contributed by atoms with Crippen LogP contribution < -0.4 is 4.90 Å². The average Bonchev–Trinajstić information content (AvgIpc) is 3.32. The van der Waals surface area contributed by atoms with Crippen molar-refractivity contribution in [2.24, 2.45) is 0 Å². The van der Waals surface area contributed by atoms with Crippen molar-refractivity contribution in [1.29, 1.82) is 0 Å². The Balaban J connectivity index is 1.55. The molecule has 1 heterocycles. The quantitative estimate of drug-likeness (QED) is 0.299. The van der Waals surface area contributed by atoms with Crippen molar-refractivity contribution in [3.63, 3.8) is 0 Å². The summed E-state index contributed by atoms with van der Waals surface area (Å²) >= 11 is 0. The molecule has 1 N–H and O–H groups in total. The molecule has 0 spiro atoms. The summed E-state index contributed by atoms with van der Waals surface area (Å²) in [6, 6.07) is 23.9. The summed E-state index contributed by atoms with van der Waals surface area (Å²) in [7, 11) is 4.02. The summed E-state index contributed by atoms with van der Waals surface area (Å²) in [5, 5.41) is 1.17. The van der Waals surface area contributed by atoms with Gasteiger partial charge in [-0.05, 0) is 68.7 Å². The van der Waals surface area contributed by atoms with Crippen LogP contribution in [0.5, 0.6) is 0 Å². The summed E-state index contributed by atoms with van der Waals surface area (Å²) in [6.45, 7) is 6.98. The van der Waals surface area contributed by atoms with Crippen LogP contribution in [-0.2, 0) is 17.8 Å². The molecule has 0 aliphatic rings. The molecule has 3 aromatic carbocycles. The summed E-state index contributed by atoms with van der Waals surface area (Å²) in [5.74, 6) is -0.184. The maximum Gasteiger partial charge on any atom is 0.254 e. The summed E-state index contributed by atoms with van der Waals surface area (Å²) in [5.41, 5.74) is 6.13. The third kappa shape index (κ3) is 6.43. The number of hydrogen-bond acceptors (Lipinski definition) is 3. The van der Waals surface area contributed by atoms with Gasteiger partial charge in [-0.2, -0.15) is 0 Å². The molecule has 0 unspecified atom stereocenters. The van der Waals surface area contributed by atoms with Crippen LogP contribution in [0.3, 0.4) is 0 Å². The summed E-state index contributed by atoms with van der Waals surface area (Å²) < 4.78 is 0. The predicted molar refractivity (Wildman–Crippen MR) is 156 cm³/mol. The molecule has 0 radical (unpaired) electrons. The fourth-order valence-corrected chi connectivity index (χ4v) is 4.60. The van der Waals surface area contributed by atoms with Crippen LogP contribution in [0.1, 0.15) is 40.9 Å². The minimum atomic E-state index is -0.125. The Hall–Kier alpha value is -4.06. The van der Waals surface area contributed by atoms with Gasteiger partial charge in [-0.3, -0.25) is 9.59 Å². The standard InChI is InChI=1S/C32H38N4O2/c1-23(2)36(32(38)26-14-10-24(3)11-15-26)22-31(37)35(21-25-12-16-28(17-13-25)34(4)5)19-18-27-20-33-30-9-7-6-8-29(27)30/h6-17,20,23,33H,18-19,21-22H2,1-5H3. The molecule has 0 saturated heterocycles. The minimum Gasteiger partial charge on any atom is -0.378 e. The van der Waals surface area contributed by atoms with E-state index in [0.717, 1.165) is 28.8 Å². The number of anilines is 1. The zero-order valence-electron chi connectivity index (χ0n) is 23.1. The van der Waals surface area contributed by atoms with Gasteiger partial charge in [0.2, 0.25) is 5.91 Å². The van der Waals surface area contributed by atoms with Crippen molar-refractivity contribution in [1.82, 2.24) is 14.8 Å². The first kappa shape index (κ1) is 27.0. The highest BCUT2D eigenvalue weighted by Gasteiger charge is 2.25. The number of aromatic amines is 1. The first-order valence-corrected chi connectivity index (χ1v) is 13.2. The van der Waals surface area contributed by atoms with Gasteiger partial charge in [0.15, 0.2) is 0 Å². The second-order valence-corrected chi connectivity index (χ2v) is 10.4. The number of carbonyl (C=O) groups excluding carboxylic acids is 2. The smallest absolute Gasteiger partial charge is 0.254 e. The normalized spacial score (nSPS) is 11.1. The number of carbonyl (C=O) groups is 2. The van der Waals surface area contributed by atoms with Gasteiger partial charge in [0.1, 0.15) is 6.54 Å². The van der Waals surface area contributed by atoms with E-state index in [4.69, 9.17) is 0 Å². The summed E-state index contributed by atoms with van der Waals surface area (Å²) in [6.07, 6.45) is 2.75. The third-order valence-electron chi connectivity index (χ3n) is 6.99. The topological polar surface area (TPSA) is 59.7 Å². The van der Waals surface area contributed by atoms with Crippen molar-refractivity contribution < 1.29 is 9.59 Å². The number of aryl methyl sites for hydroxylation is 1. The van der Waals surface area contributed by atoms with Crippen molar-refractivity contribution in [3.8, 4) is 0 Å². The van der Waals surface area contributed by atoms with Gasteiger partial charge >= 0.3 is 0 Å². The molecule has 0 fully saturated rings. The van der Waals surface area contributed by atoms with Crippen LogP contribution in [-0.4, -0.2) is 59.8 Å². The van der Waals surface area contributed by atoms with E-state index in [1.165, 1.54) is 10.9 Å². The molecule has 4 rings (SSSR count). The monoisotopic (exact) mass is 510 g/mol. The highest BCUT2D eigenvalue weighted by atomic mass is 16.2. The lowest BCUT2D eigenvalue weighted by molar-refractivity contribution is -0.132. The van der Waals surface area contributed by atoms with Gasteiger partial charge in [0.05, 0.1) is 0 Å². The van der Waals surface area contributed by atoms with E-state index >= 15 is 0 Å². The van der Waals surface area contributed by atoms with E-state index in [1.807, 2.05) is 82.4 Å². The molecule has 198 valence electrons. The van der Waals surface area contributed by atoms with Crippen molar-refractivity contribution in [2.75, 3.05) is 32.1 Å². The Kier molecular flexibility index (Phi) is 8.52. The van der Waals surface area contributed by atoms with E-state index in [1.54, 1.807) is 4.90 Å². The number of fused-ring (bicyclic) bond motifs is 1. The molecule has 2 amide bonds. The van der Waals surface area contributed by atoms with Crippen molar-refractivity contribution in [3.05, 3.63) is 101 Å². The van der Waals surface area contributed by atoms with Gasteiger partial charge in [0.25, 0.3) is 5.91 Å². The number of nitrogens with one attached hydrogen (secondary N) is 1. The first-order chi connectivity index (χ1) is 18.2. The van der Waals surface area contributed by atoms with E-state index in [-0.39, 0.29) is 24.4 Å². The van der Waals surface area contributed by atoms with Crippen LogP contribution in [0.25, 0.3) is 10.9 Å². The molecule has 4 aromatic rings. The van der Waals surface area contributed by atoms with E-state index in [0.29, 0.717) is 18.7 Å². The second kappa shape index (κ2) is 12.0. The zero-order valence-corrected chi connectivity index (χ0v) is 23.1. The molecule has 0 bridgehead atoms. The molecule has 0 saturated carbocycles. The number of benzene rings is 3. The van der Waals surface area contributed by atoms with Gasteiger partial charge in [-0.1, -0.05) is 48.0 Å². The number of H-pyrrole nitrogens is 1. The molecule has 0 aliphatic heterocycles. The van der Waals surface area contributed by atoms with Crippen molar-refractivity contribution >= 4 is 28.4 Å². The van der Waals surface area contributed by atoms with Crippen LogP contribution in [0.4, 0.5) is 5.69 Å². The SMILES string of the molecule is Cc1ccc(C(=O)N(CC(=O)N(CCc2c[nH]c3ccccc23)Cc2ccc(N(C)C)cc2)C(C)C)cc1. The largest absolute Gasteiger partial charge is 0.378 e. The fourth-order valence-electron chi connectivity index (χ4n) is 4.60. The van der Waals surface area contributed by atoms with Gasteiger partial charge in [-0.25, -0.2) is 0 Å². The number of para-hydroxylation sites is 1. The number of rotatable bonds is 10. The molecule has 6 heteroatoms. The predicted octanol–water partition coefficient (Wildman–Crippen LogP) is 5.66. The lowest BCUT2D eigenvalue weighted by atomic mass is 10.1. The lowest BCUT2D eigenvalue weighted by Crippen LogP contribution is -2.46. The number of amides is 2. The number of nitrogens with zero attached hydrogens (tertiary/aromatic N) is 3. The van der Waals surface area contributed by atoms with Gasteiger partial charge in [-0.15, -0.1) is 0 Å². The first-order valence-electron chi connectivity index (χ1n) is 13.2. The Morgan fingerprint density at radius 2 is 1.58 bits per heavy atom. The zero-order chi connectivity index (χ0) is 27.2. The maximum absolute atomic E-state index is 13.8. The Labute approximate surface area is 225 Å². The molecular formula is C32H38N4O2. The second-order valence-electron chi connectivity index (χ2n) is 10.4. The number of aromatic nitrogens is 1. The van der Waals surface area contributed by atoms with Gasteiger partial charge < -0.3 is 19.7 Å². The van der Waals surface area contributed by atoms with E-state index in [2.05, 4.69) is 46.3 Å². The molecule has 0 atom stereocenters. The van der Waals surface area contributed by atoms with Crippen LogP contribution in [0.15, 0.2) is 79.0 Å². The maximum atomic E-state index is 13.8. The Bertz CT molecular complexity index is 1370.